The topological polar surface area (TPSA) is 188 Å². The van der Waals surface area contributed by atoms with E-state index in [2.05, 4.69) is 5.32 Å². The molecule has 6 atom stereocenters. The molecule has 0 saturated heterocycles. The van der Waals surface area contributed by atoms with Crippen LogP contribution in [0, 0.1) is 0 Å². The minimum Gasteiger partial charge on any atom is -0.479 e. The van der Waals surface area contributed by atoms with E-state index in [4.69, 9.17) is 15.3 Å². The van der Waals surface area contributed by atoms with Crippen molar-refractivity contribution in [2.45, 2.75) is 49.9 Å². The molecule has 0 saturated carbocycles. The standard InChI is InChI=1S/C11H21NO9/c1-4(14)12-8(5(15)2-6(16)11(20)21)10(19)9(18)7(17)3-13/h5-10,13,15-19H,2-3H2,1H3,(H,12,14)(H,20,21)/t5-,6+,7+,8+,9+,10+/m0/s1. The Bertz CT molecular complexity index is 351. The number of hydrogen-bond acceptors (Lipinski definition) is 8. The van der Waals surface area contributed by atoms with Gasteiger partial charge < -0.3 is 41.1 Å². The zero-order valence-corrected chi connectivity index (χ0v) is 11.3. The number of carboxylic acid groups (broad SMARTS) is 1. The highest BCUT2D eigenvalue weighted by Gasteiger charge is 2.37. The summed E-state index contributed by atoms with van der Waals surface area (Å²) in [5.74, 6) is -2.31. The number of carbonyl (C=O) groups is 2. The van der Waals surface area contributed by atoms with Crippen molar-refractivity contribution >= 4 is 11.9 Å². The van der Waals surface area contributed by atoms with Gasteiger partial charge in [0.1, 0.15) is 18.3 Å². The molecule has 0 spiro atoms. The number of hydrogen-bond donors (Lipinski definition) is 8. The van der Waals surface area contributed by atoms with Crippen LogP contribution in [0.25, 0.3) is 0 Å². The fraction of sp³-hybridized carbons (Fsp3) is 0.818. The van der Waals surface area contributed by atoms with Gasteiger partial charge in [0, 0.05) is 13.3 Å². The first-order chi connectivity index (χ1) is 9.61. The Kier molecular flexibility index (Phi) is 8.32. The third-order valence-electron chi connectivity index (χ3n) is 2.83. The number of aliphatic hydroxyl groups excluding tert-OH is 6. The second-order valence-electron chi connectivity index (χ2n) is 4.61. The van der Waals surface area contributed by atoms with E-state index < -0.39 is 61.5 Å². The molecular weight excluding hydrogens is 290 g/mol. The molecule has 0 radical (unpaired) electrons. The number of carboxylic acids is 1. The first-order valence-corrected chi connectivity index (χ1v) is 6.12. The van der Waals surface area contributed by atoms with Crippen molar-refractivity contribution in [3.8, 4) is 0 Å². The highest BCUT2D eigenvalue weighted by atomic mass is 16.4. The second-order valence-corrected chi connectivity index (χ2v) is 4.61. The molecule has 8 N–H and O–H groups in total. The largest absolute Gasteiger partial charge is 0.479 e. The molecule has 0 fully saturated rings. The summed E-state index contributed by atoms with van der Waals surface area (Å²) < 4.78 is 0. The van der Waals surface area contributed by atoms with Crippen LogP contribution in [-0.4, -0.2) is 90.8 Å². The number of nitrogens with one attached hydrogen (secondary N) is 1. The molecule has 0 unspecified atom stereocenters. The molecule has 0 aromatic carbocycles. The van der Waals surface area contributed by atoms with Crippen LogP contribution in [0.1, 0.15) is 13.3 Å². The summed E-state index contributed by atoms with van der Waals surface area (Å²) in [7, 11) is 0. The van der Waals surface area contributed by atoms with Crippen LogP contribution in [0.2, 0.25) is 0 Å². The zero-order valence-electron chi connectivity index (χ0n) is 11.3. The number of aliphatic hydroxyl groups is 6. The first-order valence-electron chi connectivity index (χ1n) is 6.12. The fourth-order valence-corrected chi connectivity index (χ4v) is 1.67. The van der Waals surface area contributed by atoms with Gasteiger partial charge >= 0.3 is 5.97 Å². The molecule has 0 aliphatic heterocycles. The van der Waals surface area contributed by atoms with Crippen LogP contribution in [0.3, 0.4) is 0 Å². The quantitative estimate of drug-likeness (QED) is 0.208. The maximum Gasteiger partial charge on any atom is 0.332 e. The Labute approximate surface area is 120 Å². The Hall–Kier alpha value is -1.30. The lowest BCUT2D eigenvalue weighted by atomic mass is 9.93. The van der Waals surface area contributed by atoms with Crippen LogP contribution >= 0.6 is 0 Å². The zero-order chi connectivity index (χ0) is 16.7. The van der Waals surface area contributed by atoms with Gasteiger partial charge in [-0.1, -0.05) is 0 Å². The normalized spacial score (nSPS) is 20.0. The first kappa shape index (κ1) is 19.7. The van der Waals surface area contributed by atoms with Gasteiger partial charge in [0.25, 0.3) is 0 Å². The van der Waals surface area contributed by atoms with E-state index in [-0.39, 0.29) is 0 Å². The summed E-state index contributed by atoms with van der Waals surface area (Å²) in [5.41, 5.74) is 0. The van der Waals surface area contributed by atoms with E-state index in [9.17, 15) is 30.0 Å². The smallest absolute Gasteiger partial charge is 0.332 e. The van der Waals surface area contributed by atoms with E-state index in [1.54, 1.807) is 0 Å². The van der Waals surface area contributed by atoms with E-state index in [0.29, 0.717) is 0 Å². The molecule has 0 rings (SSSR count). The lowest BCUT2D eigenvalue weighted by Crippen LogP contribution is -2.58. The molecule has 0 bridgehead atoms. The Morgan fingerprint density at radius 2 is 1.52 bits per heavy atom. The fourth-order valence-electron chi connectivity index (χ4n) is 1.67. The minimum absolute atomic E-state index is 0.700. The van der Waals surface area contributed by atoms with Gasteiger partial charge in [-0.05, 0) is 0 Å². The minimum atomic E-state index is -1.94. The van der Waals surface area contributed by atoms with Gasteiger partial charge in [0.05, 0.1) is 18.8 Å². The predicted molar refractivity (Wildman–Crippen MR) is 67.0 cm³/mol. The Morgan fingerprint density at radius 1 is 1.00 bits per heavy atom. The number of carbonyl (C=O) groups excluding carboxylic acids is 1. The average Bonchev–Trinajstić information content (AvgIpc) is 2.41. The van der Waals surface area contributed by atoms with Crippen molar-refractivity contribution < 1.29 is 45.3 Å². The molecule has 124 valence electrons. The van der Waals surface area contributed by atoms with E-state index >= 15 is 0 Å². The summed E-state index contributed by atoms with van der Waals surface area (Å²) in [5, 5.41) is 66.9. The lowest BCUT2D eigenvalue weighted by Gasteiger charge is -2.32. The molecule has 0 aromatic heterocycles. The van der Waals surface area contributed by atoms with E-state index in [0.717, 1.165) is 6.92 Å². The van der Waals surface area contributed by atoms with Crippen LogP contribution < -0.4 is 5.32 Å². The van der Waals surface area contributed by atoms with Crippen LogP contribution in [0.15, 0.2) is 0 Å². The van der Waals surface area contributed by atoms with Gasteiger partial charge in [-0.3, -0.25) is 4.79 Å². The van der Waals surface area contributed by atoms with Gasteiger partial charge in [-0.2, -0.15) is 0 Å². The summed E-state index contributed by atoms with van der Waals surface area (Å²) in [6.07, 6.45) is -9.90. The van der Waals surface area contributed by atoms with E-state index in [1.165, 1.54) is 0 Å². The second kappa shape index (κ2) is 8.87. The van der Waals surface area contributed by atoms with Gasteiger partial charge in [0.15, 0.2) is 6.10 Å². The lowest BCUT2D eigenvalue weighted by molar-refractivity contribution is -0.149. The molecule has 0 aliphatic rings. The van der Waals surface area contributed by atoms with Crippen molar-refractivity contribution in [1.82, 2.24) is 5.32 Å². The van der Waals surface area contributed by atoms with E-state index in [1.807, 2.05) is 0 Å². The predicted octanol–water partition coefficient (Wildman–Crippen LogP) is -4.24. The summed E-state index contributed by atoms with van der Waals surface area (Å²) >= 11 is 0. The maximum atomic E-state index is 11.0. The molecule has 10 heteroatoms. The molecule has 0 heterocycles. The van der Waals surface area contributed by atoms with Crippen molar-refractivity contribution in [3.05, 3.63) is 0 Å². The molecule has 21 heavy (non-hydrogen) atoms. The third kappa shape index (κ3) is 6.33. The highest BCUT2D eigenvalue weighted by Crippen LogP contribution is 2.13. The van der Waals surface area contributed by atoms with Crippen LogP contribution in [-0.2, 0) is 9.59 Å². The van der Waals surface area contributed by atoms with Crippen molar-refractivity contribution in [3.63, 3.8) is 0 Å². The molecule has 0 aromatic rings. The third-order valence-corrected chi connectivity index (χ3v) is 2.83. The monoisotopic (exact) mass is 311 g/mol. The van der Waals surface area contributed by atoms with Gasteiger partial charge in [0.2, 0.25) is 5.91 Å². The van der Waals surface area contributed by atoms with Crippen molar-refractivity contribution in [1.29, 1.82) is 0 Å². The number of aliphatic carboxylic acids is 1. The summed E-state index contributed by atoms with van der Waals surface area (Å²) in [6, 6.07) is -1.55. The van der Waals surface area contributed by atoms with Crippen LogP contribution in [0.4, 0.5) is 0 Å². The van der Waals surface area contributed by atoms with Gasteiger partial charge in [-0.25, -0.2) is 4.79 Å². The van der Waals surface area contributed by atoms with Crippen molar-refractivity contribution in [2.24, 2.45) is 0 Å². The van der Waals surface area contributed by atoms with Crippen molar-refractivity contribution in [2.75, 3.05) is 6.61 Å². The number of amides is 1. The Morgan fingerprint density at radius 3 is 1.90 bits per heavy atom. The molecule has 0 aliphatic carbocycles. The Balaban J connectivity index is 5.00. The summed E-state index contributed by atoms with van der Waals surface area (Å²) in [6.45, 7) is 0.174. The molecule has 1 amide bonds. The van der Waals surface area contributed by atoms with Crippen LogP contribution in [0.5, 0.6) is 0 Å². The van der Waals surface area contributed by atoms with Gasteiger partial charge in [-0.15, -0.1) is 0 Å². The SMILES string of the molecule is CC(=O)N[C@@H]([C@@H](O)[C@H](O)[C@H](O)CO)[C@@H](O)C[C@@H](O)C(=O)O. The molecular formula is C11H21NO9. The molecule has 10 nitrogen and oxygen atoms in total. The average molecular weight is 311 g/mol. The maximum absolute atomic E-state index is 11.0. The summed E-state index contributed by atoms with van der Waals surface area (Å²) in [4.78, 5) is 21.5. The highest BCUT2D eigenvalue weighted by molar-refractivity contribution is 5.73. The number of rotatable bonds is 9.